The van der Waals surface area contributed by atoms with E-state index in [9.17, 15) is 22.8 Å². The van der Waals surface area contributed by atoms with Crippen molar-refractivity contribution in [2.75, 3.05) is 5.32 Å². The molecule has 3 aromatic carbocycles. The van der Waals surface area contributed by atoms with Gasteiger partial charge in [0.2, 0.25) is 6.41 Å². The van der Waals surface area contributed by atoms with Gasteiger partial charge in [0.05, 0.1) is 11.6 Å². The molecule has 1 fully saturated rings. The summed E-state index contributed by atoms with van der Waals surface area (Å²) in [4.78, 5) is 25.0. The zero-order chi connectivity index (χ0) is 27.3. The highest BCUT2D eigenvalue weighted by atomic mass is 19.1. The summed E-state index contributed by atoms with van der Waals surface area (Å²) in [5, 5.41) is 5.35. The van der Waals surface area contributed by atoms with Crippen LogP contribution >= 0.6 is 0 Å². The maximum absolute atomic E-state index is 14.0. The van der Waals surface area contributed by atoms with Gasteiger partial charge in [0.15, 0.2) is 0 Å². The molecule has 1 aliphatic carbocycles. The highest BCUT2D eigenvalue weighted by Crippen LogP contribution is 2.50. The number of urea groups is 1. The van der Waals surface area contributed by atoms with Crippen LogP contribution in [0.4, 0.5) is 23.7 Å². The molecular weight excluding hydrogens is 491 g/mol. The van der Waals surface area contributed by atoms with Gasteiger partial charge in [-0.2, -0.15) is 0 Å². The van der Waals surface area contributed by atoms with Crippen molar-refractivity contribution < 1.29 is 22.8 Å². The van der Waals surface area contributed by atoms with E-state index in [4.69, 9.17) is 0 Å². The Morgan fingerprint density at radius 1 is 0.974 bits per heavy atom. The molecule has 1 heterocycles. The molecule has 2 aliphatic rings. The Hall–Kier alpha value is -3.81. The first kappa shape index (κ1) is 27.2. The SMILES string of the molecule is CC(Cc1ccccc1)N1C(=O)Nc2ccc(F)cc2C12CCCC2.CC(NC=O)c1ccc(F)cc1F. The summed E-state index contributed by atoms with van der Waals surface area (Å²) in [7, 11) is 0. The van der Waals surface area contributed by atoms with Gasteiger partial charge < -0.3 is 15.5 Å². The van der Waals surface area contributed by atoms with E-state index in [1.165, 1.54) is 17.7 Å². The smallest absolute Gasteiger partial charge is 0.322 e. The van der Waals surface area contributed by atoms with Crippen LogP contribution in [0.25, 0.3) is 0 Å². The Morgan fingerprint density at radius 3 is 2.29 bits per heavy atom. The minimum absolute atomic E-state index is 0.0388. The van der Waals surface area contributed by atoms with E-state index in [-0.39, 0.29) is 29.0 Å². The normalized spacial score (nSPS) is 17.1. The second-order valence-corrected chi connectivity index (χ2v) is 9.94. The number of benzene rings is 3. The van der Waals surface area contributed by atoms with Crippen molar-refractivity contribution in [2.45, 2.75) is 63.6 Å². The van der Waals surface area contributed by atoms with E-state index in [0.29, 0.717) is 6.41 Å². The summed E-state index contributed by atoms with van der Waals surface area (Å²) in [5.74, 6) is -1.52. The van der Waals surface area contributed by atoms with Crippen molar-refractivity contribution in [2.24, 2.45) is 0 Å². The number of nitrogens with one attached hydrogen (secondary N) is 2. The number of amides is 3. The van der Waals surface area contributed by atoms with Gasteiger partial charge in [0.1, 0.15) is 17.5 Å². The van der Waals surface area contributed by atoms with E-state index in [0.717, 1.165) is 55.5 Å². The minimum atomic E-state index is -0.651. The fourth-order valence-electron chi connectivity index (χ4n) is 5.69. The van der Waals surface area contributed by atoms with Gasteiger partial charge in [0.25, 0.3) is 0 Å². The van der Waals surface area contributed by atoms with Crippen LogP contribution in [0.3, 0.4) is 0 Å². The van der Waals surface area contributed by atoms with Crippen LogP contribution in [0.5, 0.6) is 0 Å². The standard InChI is InChI=1S/C21H23FN2O.C9H9F2NO/c1-15(13-16-7-3-2-4-8-16)24-20(25)23-19-10-9-17(22)14-18(19)21(24)11-5-6-12-21;1-6(12-5-13)8-3-2-7(10)4-9(8)11/h2-4,7-10,14-15H,5-6,11-13H2,1H3,(H,23,25);2-6H,1H3,(H,12,13). The molecule has 5 nitrogen and oxygen atoms in total. The Labute approximate surface area is 221 Å². The molecule has 0 radical (unpaired) electrons. The Bertz CT molecular complexity index is 1280. The lowest BCUT2D eigenvalue weighted by Gasteiger charge is -2.49. The topological polar surface area (TPSA) is 61.4 Å². The molecule has 1 aliphatic heterocycles. The number of hydrogen-bond donors (Lipinski definition) is 2. The molecule has 2 N–H and O–H groups in total. The molecule has 1 spiro atoms. The van der Waals surface area contributed by atoms with E-state index < -0.39 is 17.7 Å². The summed E-state index contributed by atoms with van der Waals surface area (Å²) >= 11 is 0. The highest BCUT2D eigenvalue weighted by Gasteiger charge is 2.49. The van der Waals surface area contributed by atoms with Crippen LogP contribution in [0, 0.1) is 17.5 Å². The number of fused-ring (bicyclic) bond motifs is 2. The highest BCUT2D eigenvalue weighted by molar-refractivity contribution is 5.94. The Kier molecular flexibility index (Phi) is 8.39. The lowest BCUT2D eigenvalue weighted by atomic mass is 9.82. The molecule has 0 bridgehead atoms. The molecule has 8 heteroatoms. The van der Waals surface area contributed by atoms with Gasteiger partial charge >= 0.3 is 6.03 Å². The van der Waals surface area contributed by atoms with Crippen LogP contribution in [0.15, 0.2) is 66.7 Å². The quantitative estimate of drug-likeness (QED) is 0.347. The summed E-state index contributed by atoms with van der Waals surface area (Å²) < 4.78 is 39.5. The van der Waals surface area contributed by atoms with Crippen molar-refractivity contribution in [1.29, 1.82) is 0 Å². The van der Waals surface area contributed by atoms with Gasteiger partial charge in [0, 0.05) is 28.9 Å². The molecule has 5 rings (SSSR count). The monoisotopic (exact) mass is 523 g/mol. The summed E-state index contributed by atoms with van der Waals surface area (Å²) in [6, 6.07) is 17.7. The third-order valence-corrected chi connectivity index (χ3v) is 7.40. The molecule has 3 amide bonds. The largest absolute Gasteiger partial charge is 0.352 e. The van der Waals surface area contributed by atoms with E-state index in [1.54, 1.807) is 19.1 Å². The first-order valence-corrected chi connectivity index (χ1v) is 12.8. The van der Waals surface area contributed by atoms with Crippen LogP contribution in [0.2, 0.25) is 0 Å². The van der Waals surface area contributed by atoms with Crippen LogP contribution in [-0.4, -0.2) is 23.4 Å². The second kappa shape index (κ2) is 11.7. The number of carbonyl (C=O) groups excluding carboxylic acids is 2. The molecular formula is C30H32F3N3O2. The third kappa shape index (κ3) is 5.69. The first-order chi connectivity index (χ1) is 18.2. The summed E-state index contributed by atoms with van der Waals surface area (Å²) in [6.45, 7) is 3.71. The predicted octanol–water partition coefficient (Wildman–Crippen LogP) is 6.85. The number of nitrogens with zero attached hydrogens (tertiary/aromatic N) is 1. The first-order valence-electron chi connectivity index (χ1n) is 12.8. The van der Waals surface area contributed by atoms with Crippen molar-refractivity contribution in [3.05, 3.63) is 101 Å². The molecule has 2 atom stereocenters. The lowest BCUT2D eigenvalue weighted by Crippen LogP contribution is -2.57. The average Bonchev–Trinajstić information content (AvgIpc) is 3.35. The maximum atomic E-state index is 14.0. The van der Waals surface area contributed by atoms with Crippen LogP contribution in [-0.2, 0) is 16.8 Å². The summed E-state index contributed by atoms with van der Waals surface area (Å²) in [5.41, 5.74) is 2.80. The number of halogens is 3. The van der Waals surface area contributed by atoms with E-state index >= 15 is 0 Å². The predicted molar refractivity (Wildman–Crippen MR) is 141 cm³/mol. The number of anilines is 1. The maximum Gasteiger partial charge on any atom is 0.322 e. The van der Waals surface area contributed by atoms with Crippen LogP contribution < -0.4 is 10.6 Å². The zero-order valence-corrected chi connectivity index (χ0v) is 21.5. The second-order valence-electron chi connectivity index (χ2n) is 9.94. The van der Waals surface area contributed by atoms with Crippen molar-refractivity contribution >= 4 is 18.1 Å². The van der Waals surface area contributed by atoms with Gasteiger partial charge in [-0.15, -0.1) is 0 Å². The minimum Gasteiger partial charge on any atom is -0.352 e. The molecule has 3 aromatic rings. The fraction of sp³-hybridized carbons (Fsp3) is 0.333. The van der Waals surface area contributed by atoms with E-state index in [2.05, 4.69) is 29.7 Å². The number of rotatable bonds is 6. The van der Waals surface area contributed by atoms with E-state index in [1.807, 2.05) is 23.1 Å². The molecule has 2 unspecified atom stereocenters. The molecule has 0 aromatic heterocycles. The van der Waals surface area contributed by atoms with Crippen molar-refractivity contribution in [3.8, 4) is 0 Å². The van der Waals surface area contributed by atoms with Gasteiger partial charge in [-0.3, -0.25) is 4.79 Å². The van der Waals surface area contributed by atoms with Crippen molar-refractivity contribution in [1.82, 2.24) is 10.2 Å². The summed E-state index contributed by atoms with van der Waals surface area (Å²) in [6.07, 6.45) is 5.20. The number of carbonyl (C=O) groups is 2. The Morgan fingerprint density at radius 2 is 1.63 bits per heavy atom. The van der Waals surface area contributed by atoms with Gasteiger partial charge in [-0.05, 0) is 62.9 Å². The number of hydrogen-bond acceptors (Lipinski definition) is 2. The average molecular weight is 524 g/mol. The fourth-order valence-corrected chi connectivity index (χ4v) is 5.69. The van der Waals surface area contributed by atoms with Crippen LogP contribution in [0.1, 0.15) is 62.3 Å². The van der Waals surface area contributed by atoms with Crippen molar-refractivity contribution in [3.63, 3.8) is 0 Å². The van der Waals surface area contributed by atoms with Gasteiger partial charge in [-0.1, -0.05) is 49.2 Å². The molecule has 1 saturated carbocycles. The molecule has 200 valence electrons. The lowest BCUT2D eigenvalue weighted by molar-refractivity contribution is -0.110. The molecule has 38 heavy (non-hydrogen) atoms. The third-order valence-electron chi connectivity index (χ3n) is 7.40. The Balaban J connectivity index is 0.000000219. The van der Waals surface area contributed by atoms with Gasteiger partial charge in [-0.25, -0.2) is 18.0 Å². The molecule has 0 saturated heterocycles. The zero-order valence-electron chi connectivity index (χ0n) is 21.5.